The van der Waals surface area contributed by atoms with Crippen LogP contribution < -0.4 is 15.0 Å². The second-order valence-corrected chi connectivity index (χ2v) is 5.77. The molecule has 0 spiro atoms. The Hall–Kier alpha value is -2.81. The van der Waals surface area contributed by atoms with Crippen molar-refractivity contribution in [1.29, 1.82) is 0 Å². The lowest BCUT2D eigenvalue weighted by Gasteiger charge is -2.27. The van der Waals surface area contributed by atoms with Gasteiger partial charge >= 0.3 is 6.18 Å². The second-order valence-electron chi connectivity index (χ2n) is 5.33. The van der Waals surface area contributed by atoms with Gasteiger partial charge in [-0.05, 0) is 30.3 Å². The summed E-state index contributed by atoms with van der Waals surface area (Å²) in [7, 11) is 0. The van der Waals surface area contributed by atoms with Gasteiger partial charge in [0, 0.05) is 11.2 Å². The van der Waals surface area contributed by atoms with E-state index in [9.17, 15) is 22.8 Å². The Kier molecular flexibility index (Phi) is 4.73. The molecule has 0 aliphatic carbocycles. The van der Waals surface area contributed by atoms with E-state index in [1.165, 1.54) is 12.3 Å². The van der Waals surface area contributed by atoms with E-state index in [-0.39, 0.29) is 17.4 Å². The van der Waals surface area contributed by atoms with E-state index in [1.807, 2.05) is 0 Å². The minimum Gasteiger partial charge on any atom is -0.480 e. The third-order valence-corrected chi connectivity index (χ3v) is 3.76. The number of rotatable bonds is 3. The summed E-state index contributed by atoms with van der Waals surface area (Å²) in [4.78, 5) is 29.3. The number of carbonyl (C=O) groups excluding carboxylic acids is 2. The molecule has 1 aromatic carbocycles. The highest BCUT2D eigenvalue weighted by atomic mass is 35.5. The van der Waals surface area contributed by atoms with Crippen LogP contribution in [-0.2, 0) is 15.8 Å². The van der Waals surface area contributed by atoms with E-state index in [4.69, 9.17) is 16.3 Å². The van der Waals surface area contributed by atoms with Gasteiger partial charge in [-0.25, -0.2) is 4.98 Å². The second kappa shape index (κ2) is 6.83. The molecular weight excluding hydrogens is 375 g/mol. The first-order valence-electron chi connectivity index (χ1n) is 7.30. The lowest BCUT2D eigenvalue weighted by Crippen LogP contribution is -2.44. The Morgan fingerprint density at radius 1 is 1.35 bits per heavy atom. The Morgan fingerprint density at radius 3 is 2.85 bits per heavy atom. The van der Waals surface area contributed by atoms with Crippen molar-refractivity contribution in [3.8, 4) is 5.75 Å². The predicted molar refractivity (Wildman–Crippen MR) is 87.2 cm³/mol. The molecule has 0 radical (unpaired) electrons. The largest absolute Gasteiger partial charge is 0.480 e. The van der Waals surface area contributed by atoms with Crippen molar-refractivity contribution in [1.82, 2.24) is 4.98 Å². The number of aromatic nitrogens is 1. The van der Waals surface area contributed by atoms with Crippen molar-refractivity contribution in [3.05, 3.63) is 47.1 Å². The number of halogens is 4. The third kappa shape index (κ3) is 3.72. The van der Waals surface area contributed by atoms with Gasteiger partial charge in [-0.3, -0.25) is 14.5 Å². The van der Waals surface area contributed by atoms with Crippen molar-refractivity contribution in [2.24, 2.45) is 0 Å². The zero-order valence-corrected chi connectivity index (χ0v) is 13.8. The number of hydrogen-bond acceptors (Lipinski definition) is 4. The summed E-state index contributed by atoms with van der Waals surface area (Å²) in [5, 5.41) is 2.05. The van der Waals surface area contributed by atoms with E-state index >= 15 is 0 Å². The Labute approximate surface area is 150 Å². The lowest BCUT2D eigenvalue weighted by atomic mass is 10.1. The Balaban J connectivity index is 1.81. The van der Waals surface area contributed by atoms with E-state index in [1.54, 1.807) is 12.1 Å². The average Bonchev–Trinajstić information content (AvgIpc) is 2.58. The fourth-order valence-corrected chi connectivity index (χ4v) is 2.56. The number of amides is 2. The smallest absolute Gasteiger partial charge is 0.418 e. The zero-order valence-electron chi connectivity index (χ0n) is 13.0. The molecule has 2 heterocycles. The van der Waals surface area contributed by atoms with Crippen LogP contribution in [0, 0.1) is 0 Å². The van der Waals surface area contributed by atoms with Crippen LogP contribution >= 0.6 is 11.6 Å². The van der Waals surface area contributed by atoms with Gasteiger partial charge < -0.3 is 10.1 Å². The number of carbonyl (C=O) groups is 2. The Bertz CT molecular complexity index is 873. The fraction of sp³-hybridized carbons (Fsp3) is 0.188. The molecule has 0 saturated heterocycles. The van der Waals surface area contributed by atoms with Gasteiger partial charge in [0.2, 0.25) is 5.91 Å². The molecule has 26 heavy (non-hydrogen) atoms. The first-order chi connectivity index (χ1) is 12.3. The highest BCUT2D eigenvalue weighted by Crippen LogP contribution is 2.36. The number of hydrogen-bond donors (Lipinski definition) is 1. The molecule has 1 aliphatic heterocycles. The number of ether oxygens (including phenoxy) is 1. The normalized spacial score (nSPS) is 13.8. The maximum atomic E-state index is 13.1. The highest BCUT2D eigenvalue weighted by Gasteiger charge is 2.35. The molecule has 6 nitrogen and oxygen atoms in total. The fourth-order valence-electron chi connectivity index (χ4n) is 2.39. The highest BCUT2D eigenvalue weighted by molar-refractivity contribution is 6.30. The van der Waals surface area contributed by atoms with Gasteiger partial charge in [0.1, 0.15) is 6.54 Å². The molecule has 0 saturated carbocycles. The zero-order chi connectivity index (χ0) is 18.9. The number of anilines is 2. The summed E-state index contributed by atoms with van der Waals surface area (Å²) in [6.07, 6.45) is -3.29. The van der Waals surface area contributed by atoms with Crippen molar-refractivity contribution in [3.63, 3.8) is 0 Å². The van der Waals surface area contributed by atoms with Crippen molar-refractivity contribution in [2.75, 3.05) is 23.4 Å². The van der Waals surface area contributed by atoms with Crippen LogP contribution in [0.4, 0.5) is 24.7 Å². The summed E-state index contributed by atoms with van der Waals surface area (Å²) in [5.41, 5.74) is -1.53. The molecule has 0 atom stereocenters. The molecule has 1 aliphatic rings. The average molecular weight is 386 g/mol. The molecule has 1 aromatic heterocycles. The SMILES string of the molecule is O=C(CN1C(=O)COc2cccnc21)Nc1ccc(Cl)cc1C(F)(F)F. The monoisotopic (exact) mass is 385 g/mol. The van der Waals surface area contributed by atoms with Crippen LogP contribution in [0.15, 0.2) is 36.5 Å². The molecule has 0 bridgehead atoms. The standard InChI is InChI=1S/C16H11ClF3N3O3/c17-9-3-4-11(10(6-9)16(18,19)20)22-13(24)7-23-14(25)8-26-12-2-1-5-21-15(12)23/h1-6H,7-8H2,(H,22,24). The Morgan fingerprint density at radius 2 is 2.12 bits per heavy atom. The molecule has 2 amide bonds. The maximum absolute atomic E-state index is 13.1. The van der Waals surface area contributed by atoms with Crippen LogP contribution in [0.1, 0.15) is 5.56 Å². The first-order valence-corrected chi connectivity index (χ1v) is 7.68. The van der Waals surface area contributed by atoms with E-state index in [2.05, 4.69) is 10.3 Å². The number of nitrogens with zero attached hydrogens (tertiary/aromatic N) is 2. The third-order valence-electron chi connectivity index (χ3n) is 3.52. The van der Waals surface area contributed by atoms with Gasteiger partial charge in [0.25, 0.3) is 5.91 Å². The molecular formula is C16H11ClF3N3O3. The number of pyridine rings is 1. The van der Waals surface area contributed by atoms with Gasteiger partial charge in [-0.2, -0.15) is 13.2 Å². The lowest BCUT2D eigenvalue weighted by molar-refractivity contribution is -0.137. The summed E-state index contributed by atoms with van der Waals surface area (Å²) < 4.78 is 44.5. The topological polar surface area (TPSA) is 71.5 Å². The molecule has 3 rings (SSSR count). The van der Waals surface area contributed by atoms with Gasteiger partial charge in [-0.1, -0.05) is 11.6 Å². The van der Waals surface area contributed by atoms with Crippen LogP contribution in [0.5, 0.6) is 5.75 Å². The van der Waals surface area contributed by atoms with Gasteiger partial charge in [0.15, 0.2) is 18.2 Å². The molecule has 10 heteroatoms. The van der Waals surface area contributed by atoms with Crippen LogP contribution in [0.3, 0.4) is 0 Å². The van der Waals surface area contributed by atoms with Crippen LogP contribution in [-0.4, -0.2) is 29.9 Å². The van der Waals surface area contributed by atoms with E-state index < -0.39 is 35.8 Å². The van der Waals surface area contributed by atoms with Crippen LogP contribution in [0.2, 0.25) is 5.02 Å². The van der Waals surface area contributed by atoms with E-state index in [0.29, 0.717) is 11.8 Å². The van der Waals surface area contributed by atoms with Crippen molar-refractivity contribution < 1.29 is 27.5 Å². The molecule has 2 aromatic rings. The number of nitrogens with one attached hydrogen (secondary N) is 1. The summed E-state index contributed by atoms with van der Waals surface area (Å²) in [6, 6.07) is 6.16. The molecule has 1 N–H and O–H groups in total. The maximum Gasteiger partial charge on any atom is 0.418 e. The van der Waals surface area contributed by atoms with Crippen LogP contribution in [0.25, 0.3) is 0 Å². The minimum absolute atomic E-state index is 0.114. The predicted octanol–water partition coefficient (Wildman–Crippen LogP) is 3.12. The molecule has 0 unspecified atom stereocenters. The van der Waals surface area contributed by atoms with Crippen molar-refractivity contribution in [2.45, 2.75) is 6.18 Å². The summed E-state index contributed by atoms with van der Waals surface area (Å²) in [6.45, 7) is -0.799. The minimum atomic E-state index is -4.70. The number of fused-ring (bicyclic) bond motifs is 1. The van der Waals surface area contributed by atoms with Gasteiger partial charge in [0.05, 0.1) is 11.3 Å². The van der Waals surface area contributed by atoms with Gasteiger partial charge in [-0.15, -0.1) is 0 Å². The number of alkyl halides is 3. The summed E-state index contributed by atoms with van der Waals surface area (Å²) >= 11 is 5.60. The van der Waals surface area contributed by atoms with E-state index in [0.717, 1.165) is 11.0 Å². The molecule has 136 valence electrons. The number of benzene rings is 1. The molecule has 0 fully saturated rings. The quantitative estimate of drug-likeness (QED) is 0.881. The summed E-state index contributed by atoms with van der Waals surface area (Å²) in [5.74, 6) is -0.906. The first kappa shape index (κ1) is 18.0. The van der Waals surface area contributed by atoms with Crippen molar-refractivity contribution >= 4 is 34.9 Å².